The molecule has 0 fully saturated rings. The van der Waals surface area contributed by atoms with Gasteiger partial charge in [0.1, 0.15) is 17.3 Å². The Morgan fingerprint density at radius 3 is 2.69 bits per heavy atom. The second kappa shape index (κ2) is 2.94. The zero-order valence-corrected chi connectivity index (χ0v) is 6.70. The third-order valence-corrected chi connectivity index (χ3v) is 1.75. The molecule has 1 aromatic heterocycles. The Hall–Kier alpha value is -1.77. The Labute approximate surface area is 74.2 Å². The molecule has 0 unspecified atom stereocenters. The van der Waals surface area contributed by atoms with Crippen LogP contribution in [0.3, 0.4) is 0 Å². The average Bonchev–Trinajstić information content (AvgIpc) is 2.56. The predicted molar refractivity (Wildman–Crippen MR) is 45.8 cm³/mol. The minimum Gasteiger partial charge on any atom is -0.507 e. The smallest absolute Gasteiger partial charge is 0.137 e. The van der Waals surface area contributed by atoms with Crippen molar-refractivity contribution in [3.63, 3.8) is 0 Å². The molecule has 0 amide bonds. The fraction of sp³-hybridized carbons (Fsp3) is 0. The van der Waals surface area contributed by atoms with E-state index in [2.05, 4.69) is 0 Å². The average molecular weight is 178 g/mol. The number of halogens is 1. The molecule has 2 rings (SSSR count). The summed E-state index contributed by atoms with van der Waals surface area (Å²) >= 11 is 0. The summed E-state index contributed by atoms with van der Waals surface area (Å²) in [4.78, 5) is 0. The van der Waals surface area contributed by atoms with Crippen LogP contribution in [0.15, 0.2) is 41.0 Å². The number of phenolic OH excluding ortho intramolecular Hbond substituents is 1. The van der Waals surface area contributed by atoms with Crippen LogP contribution in [0.5, 0.6) is 5.75 Å². The van der Waals surface area contributed by atoms with Crippen molar-refractivity contribution in [1.29, 1.82) is 0 Å². The Morgan fingerprint density at radius 2 is 2.08 bits per heavy atom. The summed E-state index contributed by atoms with van der Waals surface area (Å²) in [6.07, 6.45) is 1.50. The molecule has 2 nitrogen and oxygen atoms in total. The third-order valence-electron chi connectivity index (χ3n) is 1.75. The molecule has 0 aliphatic heterocycles. The molecule has 1 heterocycles. The molecular formula is C10H7FO2. The summed E-state index contributed by atoms with van der Waals surface area (Å²) in [5.74, 6) is -0.0553. The maximum Gasteiger partial charge on any atom is 0.137 e. The van der Waals surface area contributed by atoms with Crippen molar-refractivity contribution in [2.24, 2.45) is 0 Å². The first-order chi connectivity index (χ1) is 6.27. The molecule has 0 radical (unpaired) electrons. The van der Waals surface area contributed by atoms with E-state index in [-0.39, 0.29) is 5.75 Å². The molecule has 3 heteroatoms. The highest BCUT2D eigenvalue weighted by molar-refractivity contribution is 5.64. The minimum atomic E-state index is -0.465. The lowest BCUT2D eigenvalue weighted by molar-refractivity contribution is 0.467. The normalized spacial score (nSPS) is 10.2. The van der Waals surface area contributed by atoms with Crippen LogP contribution in [0.25, 0.3) is 11.3 Å². The van der Waals surface area contributed by atoms with Gasteiger partial charge in [0.25, 0.3) is 0 Å². The first-order valence-electron chi connectivity index (χ1n) is 3.80. The second-order valence-corrected chi connectivity index (χ2v) is 2.64. The highest BCUT2D eigenvalue weighted by Gasteiger charge is 2.06. The predicted octanol–water partition coefficient (Wildman–Crippen LogP) is 2.79. The Kier molecular flexibility index (Phi) is 1.77. The zero-order chi connectivity index (χ0) is 9.26. The van der Waals surface area contributed by atoms with E-state index in [1.165, 1.54) is 18.4 Å². The molecule has 1 aromatic carbocycles. The monoisotopic (exact) mass is 178 g/mol. The van der Waals surface area contributed by atoms with Crippen LogP contribution in [-0.2, 0) is 0 Å². The first-order valence-corrected chi connectivity index (χ1v) is 3.80. The van der Waals surface area contributed by atoms with Gasteiger partial charge in [0, 0.05) is 6.07 Å². The third kappa shape index (κ3) is 1.40. The van der Waals surface area contributed by atoms with Crippen molar-refractivity contribution in [3.05, 3.63) is 42.4 Å². The fourth-order valence-electron chi connectivity index (χ4n) is 1.14. The topological polar surface area (TPSA) is 33.4 Å². The molecule has 0 atom stereocenters. The molecular weight excluding hydrogens is 171 g/mol. The van der Waals surface area contributed by atoms with Gasteiger partial charge in [0.05, 0.1) is 11.8 Å². The first kappa shape index (κ1) is 7.86. The molecule has 13 heavy (non-hydrogen) atoms. The van der Waals surface area contributed by atoms with Gasteiger partial charge in [0.2, 0.25) is 0 Å². The summed E-state index contributed by atoms with van der Waals surface area (Å²) in [7, 11) is 0. The van der Waals surface area contributed by atoms with Crippen LogP contribution in [0, 0.1) is 5.82 Å². The Morgan fingerprint density at radius 1 is 1.23 bits per heavy atom. The van der Waals surface area contributed by atoms with E-state index in [1.807, 2.05) is 0 Å². The van der Waals surface area contributed by atoms with Crippen molar-refractivity contribution in [2.45, 2.75) is 0 Å². The molecule has 0 saturated heterocycles. The number of rotatable bonds is 1. The summed E-state index contributed by atoms with van der Waals surface area (Å²) in [5, 5.41) is 9.36. The zero-order valence-electron chi connectivity index (χ0n) is 6.70. The van der Waals surface area contributed by atoms with Crippen LogP contribution in [0.4, 0.5) is 4.39 Å². The molecule has 1 N–H and O–H groups in total. The maximum atomic E-state index is 12.6. The van der Waals surface area contributed by atoms with Gasteiger partial charge >= 0.3 is 0 Å². The van der Waals surface area contributed by atoms with E-state index in [9.17, 15) is 9.50 Å². The molecule has 0 bridgehead atoms. The van der Waals surface area contributed by atoms with Crippen molar-refractivity contribution in [1.82, 2.24) is 0 Å². The molecule has 0 aliphatic carbocycles. The van der Waals surface area contributed by atoms with Crippen molar-refractivity contribution in [3.8, 4) is 17.1 Å². The second-order valence-electron chi connectivity index (χ2n) is 2.64. The molecule has 2 aromatic rings. The van der Waals surface area contributed by atoms with Crippen LogP contribution in [-0.4, -0.2) is 5.11 Å². The van der Waals surface area contributed by atoms with Crippen LogP contribution < -0.4 is 0 Å². The van der Waals surface area contributed by atoms with Gasteiger partial charge in [-0.05, 0) is 24.3 Å². The minimum absolute atomic E-state index is 0.116. The number of hydrogen-bond acceptors (Lipinski definition) is 2. The highest BCUT2D eigenvalue weighted by atomic mass is 19.1. The van der Waals surface area contributed by atoms with Gasteiger partial charge in [0.15, 0.2) is 0 Å². The number of phenols is 1. The number of benzene rings is 1. The van der Waals surface area contributed by atoms with Crippen LogP contribution in [0.2, 0.25) is 0 Å². The molecule has 0 spiro atoms. The Balaban J connectivity index is 2.53. The molecule has 66 valence electrons. The van der Waals surface area contributed by atoms with Crippen molar-refractivity contribution in [2.75, 3.05) is 0 Å². The van der Waals surface area contributed by atoms with Gasteiger partial charge in [-0.2, -0.15) is 0 Å². The van der Waals surface area contributed by atoms with Gasteiger partial charge < -0.3 is 9.52 Å². The lowest BCUT2D eigenvalue weighted by Gasteiger charge is -1.99. The highest BCUT2D eigenvalue weighted by Crippen LogP contribution is 2.29. The van der Waals surface area contributed by atoms with Crippen LogP contribution >= 0.6 is 0 Å². The molecule has 0 aliphatic rings. The van der Waals surface area contributed by atoms with E-state index in [0.29, 0.717) is 11.3 Å². The number of furan rings is 1. The summed E-state index contributed by atoms with van der Waals surface area (Å²) < 4.78 is 17.7. The van der Waals surface area contributed by atoms with Gasteiger partial charge in [-0.3, -0.25) is 0 Å². The van der Waals surface area contributed by atoms with Crippen molar-refractivity contribution >= 4 is 0 Å². The maximum absolute atomic E-state index is 12.6. The summed E-state index contributed by atoms with van der Waals surface area (Å²) in [6, 6.07) is 7.21. The van der Waals surface area contributed by atoms with Crippen LogP contribution in [0.1, 0.15) is 0 Å². The standard InChI is InChI=1S/C10H7FO2/c11-7-3-4-8(9(12)6-7)10-2-1-5-13-10/h1-6,12H. The van der Waals surface area contributed by atoms with E-state index in [1.54, 1.807) is 12.1 Å². The SMILES string of the molecule is Oc1cc(F)ccc1-c1ccco1. The lowest BCUT2D eigenvalue weighted by atomic mass is 10.1. The van der Waals surface area contributed by atoms with E-state index in [4.69, 9.17) is 4.42 Å². The lowest BCUT2D eigenvalue weighted by Crippen LogP contribution is -1.78. The van der Waals surface area contributed by atoms with Crippen molar-refractivity contribution < 1.29 is 13.9 Å². The van der Waals surface area contributed by atoms with Gasteiger partial charge in [-0.1, -0.05) is 0 Å². The van der Waals surface area contributed by atoms with Gasteiger partial charge in [-0.15, -0.1) is 0 Å². The van der Waals surface area contributed by atoms with E-state index in [0.717, 1.165) is 6.07 Å². The Bertz CT molecular complexity index is 407. The summed E-state index contributed by atoms with van der Waals surface area (Å²) in [6.45, 7) is 0. The van der Waals surface area contributed by atoms with E-state index < -0.39 is 5.82 Å². The quantitative estimate of drug-likeness (QED) is 0.728. The van der Waals surface area contributed by atoms with E-state index >= 15 is 0 Å². The fourth-order valence-corrected chi connectivity index (χ4v) is 1.14. The number of hydrogen-bond donors (Lipinski definition) is 1. The van der Waals surface area contributed by atoms with Gasteiger partial charge in [-0.25, -0.2) is 4.39 Å². The summed E-state index contributed by atoms with van der Waals surface area (Å²) in [5.41, 5.74) is 0.492. The number of aromatic hydroxyl groups is 1. The molecule has 0 saturated carbocycles. The largest absolute Gasteiger partial charge is 0.507 e.